The van der Waals surface area contributed by atoms with E-state index in [9.17, 15) is 0 Å². The summed E-state index contributed by atoms with van der Waals surface area (Å²) in [7, 11) is 0. The summed E-state index contributed by atoms with van der Waals surface area (Å²) < 4.78 is 0. The van der Waals surface area contributed by atoms with E-state index in [2.05, 4.69) is 10.3 Å². The molecule has 0 aromatic carbocycles. The van der Waals surface area contributed by atoms with Gasteiger partial charge in [-0.15, -0.1) is 0 Å². The van der Waals surface area contributed by atoms with Gasteiger partial charge in [-0.3, -0.25) is 0 Å². The van der Waals surface area contributed by atoms with Crippen LogP contribution in [0.3, 0.4) is 0 Å². The number of aromatic nitrogens is 1. The zero-order valence-corrected chi connectivity index (χ0v) is 9.43. The van der Waals surface area contributed by atoms with Crippen LogP contribution in [0.15, 0.2) is 12.3 Å². The van der Waals surface area contributed by atoms with Crippen LogP contribution in [-0.2, 0) is 0 Å². The summed E-state index contributed by atoms with van der Waals surface area (Å²) in [5.74, 6) is 1.14. The SMILES string of the molecule is Nc1ncc(Cl)cc1C1CCCNCC1. The lowest BCUT2D eigenvalue weighted by Gasteiger charge is -2.15. The highest BCUT2D eigenvalue weighted by Crippen LogP contribution is 2.30. The first-order valence-corrected chi connectivity index (χ1v) is 5.77. The van der Waals surface area contributed by atoms with Crippen molar-refractivity contribution >= 4 is 17.4 Å². The second-order valence-electron chi connectivity index (χ2n) is 4.01. The van der Waals surface area contributed by atoms with E-state index in [1.807, 2.05) is 6.07 Å². The summed E-state index contributed by atoms with van der Waals surface area (Å²) in [6, 6.07) is 1.96. The molecule has 1 fully saturated rings. The molecule has 1 aromatic heterocycles. The number of pyridine rings is 1. The van der Waals surface area contributed by atoms with E-state index in [-0.39, 0.29) is 0 Å². The normalized spacial score (nSPS) is 22.3. The van der Waals surface area contributed by atoms with E-state index in [0.717, 1.165) is 25.1 Å². The molecule has 0 bridgehead atoms. The van der Waals surface area contributed by atoms with Gasteiger partial charge in [0, 0.05) is 6.20 Å². The van der Waals surface area contributed by atoms with Gasteiger partial charge in [0.15, 0.2) is 0 Å². The first-order chi connectivity index (χ1) is 7.27. The number of nitrogen functional groups attached to an aromatic ring is 1. The molecule has 0 aliphatic carbocycles. The summed E-state index contributed by atoms with van der Waals surface area (Å²) in [6.07, 6.45) is 5.08. The third kappa shape index (κ3) is 2.61. The third-order valence-corrected chi connectivity index (χ3v) is 3.14. The molecule has 1 saturated heterocycles. The van der Waals surface area contributed by atoms with Crippen LogP contribution >= 0.6 is 11.6 Å². The first-order valence-electron chi connectivity index (χ1n) is 5.39. The monoisotopic (exact) mass is 225 g/mol. The van der Waals surface area contributed by atoms with Crippen molar-refractivity contribution in [1.29, 1.82) is 0 Å². The van der Waals surface area contributed by atoms with E-state index in [0.29, 0.717) is 16.8 Å². The van der Waals surface area contributed by atoms with Crippen molar-refractivity contribution in [2.45, 2.75) is 25.2 Å². The van der Waals surface area contributed by atoms with Crippen molar-refractivity contribution in [2.75, 3.05) is 18.8 Å². The summed E-state index contributed by atoms with van der Waals surface area (Å²) in [6.45, 7) is 2.15. The maximum absolute atomic E-state index is 5.94. The van der Waals surface area contributed by atoms with Crippen LogP contribution < -0.4 is 11.1 Å². The molecular weight excluding hydrogens is 210 g/mol. The molecule has 0 radical (unpaired) electrons. The second kappa shape index (κ2) is 4.81. The van der Waals surface area contributed by atoms with Crippen LogP contribution in [0.1, 0.15) is 30.7 Å². The van der Waals surface area contributed by atoms with Crippen LogP contribution in [0.4, 0.5) is 5.82 Å². The molecule has 2 rings (SSSR count). The minimum Gasteiger partial charge on any atom is -0.383 e. The van der Waals surface area contributed by atoms with Crippen molar-refractivity contribution in [3.8, 4) is 0 Å². The van der Waals surface area contributed by atoms with Gasteiger partial charge >= 0.3 is 0 Å². The van der Waals surface area contributed by atoms with Gasteiger partial charge in [0.05, 0.1) is 5.02 Å². The maximum Gasteiger partial charge on any atom is 0.126 e. The molecule has 3 nitrogen and oxygen atoms in total. The quantitative estimate of drug-likeness (QED) is 0.770. The average Bonchev–Trinajstić information content (AvgIpc) is 2.50. The molecular formula is C11H16ClN3. The number of rotatable bonds is 1. The fourth-order valence-electron chi connectivity index (χ4n) is 2.12. The number of hydrogen-bond donors (Lipinski definition) is 2. The highest BCUT2D eigenvalue weighted by Gasteiger charge is 2.17. The van der Waals surface area contributed by atoms with Gasteiger partial charge in [0.25, 0.3) is 0 Å². The molecule has 1 aromatic rings. The summed E-state index contributed by atoms with van der Waals surface area (Å²) in [5, 5.41) is 4.06. The van der Waals surface area contributed by atoms with Gasteiger partial charge in [-0.05, 0) is 49.9 Å². The summed E-state index contributed by atoms with van der Waals surface area (Å²) in [5.41, 5.74) is 7.00. The summed E-state index contributed by atoms with van der Waals surface area (Å²) in [4.78, 5) is 4.11. The molecule has 1 aliphatic heterocycles. The number of nitrogens with zero attached hydrogens (tertiary/aromatic N) is 1. The third-order valence-electron chi connectivity index (χ3n) is 2.93. The Kier molecular flexibility index (Phi) is 3.44. The Hall–Kier alpha value is -0.800. The topological polar surface area (TPSA) is 50.9 Å². The molecule has 3 N–H and O–H groups in total. The Morgan fingerprint density at radius 3 is 3.13 bits per heavy atom. The standard InChI is InChI=1S/C11H16ClN3/c12-9-6-10(11(13)15-7-9)8-2-1-4-14-5-3-8/h6-8,14H,1-5H2,(H2,13,15). The predicted molar refractivity (Wildman–Crippen MR) is 63.1 cm³/mol. The number of hydrogen-bond acceptors (Lipinski definition) is 3. The smallest absolute Gasteiger partial charge is 0.126 e. The molecule has 15 heavy (non-hydrogen) atoms. The van der Waals surface area contributed by atoms with Gasteiger partial charge in [-0.2, -0.15) is 0 Å². The zero-order chi connectivity index (χ0) is 10.7. The van der Waals surface area contributed by atoms with Crippen molar-refractivity contribution < 1.29 is 0 Å². The lowest BCUT2D eigenvalue weighted by atomic mass is 9.92. The lowest BCUT2D eigenvalue weighted by molar-refractivity contribution is 0.609. The Morgan fingerprint density at radius 1 is 1.40 bits per heavy atom. The van der Waals surface area contributed by atoms with E-state index in [4.69, 9.17) is 17.3 Å². The van der Waals surface area contributed by atoms with Crippen molar-refractivity contribution in [3.05, 3.63) is 22.8 Å². The Balaban J connectivity index is 2.22. The maximum atomic E-state index is 5.94. The molecule has 0 spiro atoms. The molecule has 0 saturated carbocycles. The molecule has 1 unspecified atom stereocenters. The number of nitrogens with two attached hydrogens (primary N) is 1. The van der Waals surface area contributed by atoms with E-state index in [1.54, 1.807) is 6.20 Å². The number of nitrogens with one attached hydrogen (secondary N) is 1. The highest BCUT2D eigenvalue weighted by atomic mass is 35.5. The van der Waals surface area contributed by atoms with E-state index >= 15 is 0 Å². The van der Waals surface area contributed by atoms with Crippen LogP contribution in [0.25, 0.3) is 0 Å². The van der Waals surface area contributed by atoms with Gasteiger partial charge < -0.3 is 11.1 Å². The molecule has 1 atom stereocenters. The van der Waals surface area contributed by atoms with Gasteiger partial charge in [-0.1, -0.05) is 11.6 Å². The van der Waals surface area contributed by atoms with Crippen LogP contribution in [-0.4, -0.2) is 18.1 Å². The fourth-order valence-corrected chi connectivity index (χ4v) is 2.29. The Morgan fingerprint density at radius 2 is 2.27 bits per heavy atom. The van der Waals surface area contributed by atoms with Crippen LogP contribution in [0.2, 0.25) is 5.02 Å². The first kappa shape index (κ1) is 10.7. The molecule has 1 aliphatic rings. The number of halogens is 1. The minimum absolute atomic E-state index is 0.506. The Labute approximate surface area is 95.0 Å². The molecule has 82 valence electrons. The fraction of sp³-hybridized carbons (Fsp3) is 0.545. The lowest BCUT2D eigenvalue weighted by Crippen LogP contribution is -2.14. The molecule has 4 heteroatoms. The second-order valence-corrected chi connectivity index (χ2v) is 4.44. The van der Waals surface area contributed by atoms with Gasteiger partial charge in [-0.25, -0.2) is 4.98 Å². The van der Waals surface area contributed by atoms with Crippen molar-refractivity contribution in [3.63, 3.8) is 0 Å². The highest BCUT2D eigenvalue weighted by molar-refractivity contribution is 6.30. The van der Waals surface area contributed by atoms with E-state index in [1.165, 1.54) is 12.8 Å². The Bertz CT molecular complexity index is 333. The van der Waals surface area contributed by atoms with Crippen LogP contribution in [0, 0.1) is 0 Å². The predicted octanol–water partition coefficient (Wildman–Crippen LogP) is 2.17. The number of anilines is 1. The van der Waals surface area contributed by atoms with Crippen molar-refractivity contribution in [1.82, 2.24) is 10.3 Å². The largest absolute Gasteiger partial charge is 0.383 e. The minimum atomic E-state index is 0.506. The van der Waals surface area contributed by atoms with Crippen LogP contribution in [0.5, 0.6) is 0 Å². The summed E-state index contributed by atoms with van der Waals surface area (Å²) >= 11 is 5.94. The molecule has 2 heterocycles. The van der Waals surface area contributed by atoms with Gasteiger partial charge in [0.2, 0.25) is 0 Å². The van der Waals surface area contributed by atoms with Gasteiger partial charge in [0.1, 0.15) is 5.82 Å². The van der Waals surface area contributed by atoms with Crippen molar-refractivity contribution in [2.24, 2.45) is 0 Å². The zero-order valence-electron chi connectivity index (χ0n) is 8.67. The van der Waals surface area contributed by atoms with E-state index < -0.39 is 0 Å². The average molecular weight is 226 g/mol. The molecule has 0 amide bonds.